The van der Waals surface area contributed by atoms with Crippen LogP contribution in [-0.4, -0.2) is 32.8 Å². The third-order valence-corrected chi connectivity index (χ3v) is 7.59. The highest BCUT2D eigenvalue weighted by Gasteiger charge is 2.39. The van der Waals surface area contributed by atoms with Crippen LogP contribution in [0.25, 0.3) is 0 Å². The van der Waals surface area contributed by atoms with E-state index in [1.807, 2.05) is 0 Å². The van der Waals surface area contributed by atoms with Crippen molar-refractivity contribution in [2.45, 2.75) is 43.0 Å². The maximum Gasteiger partial charge on any atom is 0.264 e. The molecule has 0 aliphatic carbocycles. The number of amides is 2. The van der Waals surface area contributed by atoms with Crippen LogP contribution in [0.3, 0.4) is 0 Å². The third-order valence-electron chi connectivity index (χ3n) is 5.65. The van der Waals surface area contributed by atoms with Crippen molar-refractivity contribution < 1.29 is 18.0 Å². The van der Waals surface area contributed by atoms with Crippen molar-refractivity contribution in [3.05, 3.63) is 54.1 Å². The molecule has 0 radical (unpaired) electrons. The van der Waals surface area contributed by atoms with Crippen molar-refractivity contribution in [3.63, 3.8) is 0 Å². The van der Waals surface area contributed by atoms with Gasteiger partial charge in [-0.2, -0.15) is 0 Å². The quantitative estimate of drug-likeness (QED) is 0.831. The number of para-hydroxylation sites is 1. The summed E-state index contributed by atoms with van der Waals surface area (Å²) in [7, 11) is -3.85. The minimum atomic E-state index is -3.85. The Morgan fingerprint density at radius 2 is 1.79 bits per heavy atom. The number of nitrogens with two attached hydrogens (primary N) is 1. The number of nitrogens with zero attached hydrogens (tertiary/aromatic N) is 2. The van der Waals surface area contributed by atoms with Crippen molar-refractivity contribution >= 4 is 33.2 Å². The van der Waals surface area contributed by atoms with Gasteiger partial charge in [-0.15, -0.1) is 0 Å². The Bertz CT molecular complexity index is 1070. The van der Waals surface area contributed by atoms with E-state index in [2.05, 4.69) is 0 Å². The Kier molecular flexibility index (Phi) is 4.82. The second kappa shape index (κ2) is 7.18. The van der Waals surface area contributed by atoms with Crippen LogP contribution in [-0.2, 0) is 19.6 Å². The summed E-state index contributed by atoms with van der Waals surface area (Å²) in [5, 5.41) is 0. The smallest absolute Gasteiger partial charge is 0.264 e. The largest absolute Gasteiger partial charge is 0.369 e. The third kappa shape index (κ3) is 3.27. The minimum Gasteiger partial charge on any atom is -0.369 e. The predicted octanol–water partition coefficient (Wildman–Crippen LogP) is 2.37. The normalized spacial score (nSPS) is 21.9. The van der Waals surface area contributed by atoms with Crippen molar-refractivity contribution in [1.82, 2.24) is 0 Å². The monoisotopic (exact) mass is 413 g/mol. The van der Waals surface area contributed by atoms with E-state index in [1.165, 1.54) is 16.4 Å². The molecule has 0 spiro atoms. The highest BCUT2D eigenvalue weighted by atomic mass is 32.2. The molecule has 7 nitrogen and oxygen atoms in total. The molecule has 2 aromatic rings. The van der Waals surface area contributed by atoms with Gasteiger partial charge in [0.15, 0.2) is 0 Å². The molecule has 2 aliphatic heterocycles. The van der Waals surface area contributed by atoms with Crippen LogP contribution >= 0.6 is 0 Å². The van der Waals surface area contributed by atoms with Crippen LogP contribution in [0.15, 0.2) is 53.4 Å². The van der Waals surface area contributed by atoms with Crippen LogP contribution in [0.5, 0.6) is 0 Å². The molecule has 0 aromatic heterocycles. The Morgan fingerprint density at radius 1 is 1.10 bits per heavy atom. The van der Waals surface area contributed by atoms with Crippen molar-refractivity contribution in [2.75, 3.05) is 15.7 Å². The van der Waals surface area contributed by atoms with Gasteiger partial charge in [0.25, 0.3) is 10.0 Å². The molecular weight excluding hydrogens is 390 g/mol. The van der Waals surface area contributed by atoms with Crippen molar-refractivity contribution in [1.29, 1.82) is 0 Å². The summed E-state index contributed by atoms with van der Waals surface area (Å²) >= 11 is 0. The highest BCUT2D eigenvalue weighted by Crippen LogP contribution is 2.41. The van der Waals surface area contributed by atoms with Crippen molar-refractivity contribution in [3.8, 4) is 0 Å². The Morgan fingerprint density at radius 3 is 2.41 bits per heavy atom. The van der Waals surface area contributed by atoms with Crippen molar-refractivity contribution in [2.24, 2.45) is 5.73 Å². The Hall–Kier alpha value is -2.87. The molecule has 0 unspecified atom stereocenters. The van der Waals surface area contributed by atoms with E-state index < -0.39 is 27.9 Å². The van der Waals surface area contributed by atoms with E-state index in [9.17, 15) is 18.0 Å². The van der Waals surface area contributed by atoms with Gasteiger partial charge in [-0.05, 0) is 55.7 Å². The lowest BCUT2D eigenvalue weighted by molar-refractivity contribution is -0.120. The summed E-state index contributed by atoms with van der Waals surface area (Å²) in [4.78, 5) is 25.7. The molecule has 4 rings (SSSR count). The molecule has 2 atom stereocenters. The maximum atomic E-state index is 13.5. The molecule has 2 amide bonds. The number of hydrogen-bond donors (Lipinski definition) is 1. The van der Waals surface area contributed by atoms with Gasteiger partial charge in [0.05, 0.1) is 16.5 Å². The lowest BCUT2D eigenvalue weighted by Gasteiger charge is -2.38. The van der Waals surface area contributed by atoms with E-state index in [-0.39, 0.29) is 10.8 Å². The second-order valence-corrected chi connectivity index (χ2v) is 9.36. The highest BCUT2D eigenvalue weighted by molar-refractivity contribution is 7.92. The van der Waals surface area contributed by atoms with Crippen LogP contribution in [0, 0.1) is 0 Å². The van der Waals surface area contributed by atoms with Gasteiger partial charge >= 0.3 is 0 Å². The molecule has 0 saturated carbocycles. The standard InChI is InChI=1S/C21H23N3O4S/c1-14-13-18(21(22)26)17-5-2-3-6-19(17)24(14)29(27,28)16-10-8-15(9-11-16)23-12-4-7-20(23)25/h2-3,5-6,8-11,14,18H,4,7,12-13H2,1H3,(H2,22,26)/t14-,18-/m1/s1. The van der Waals surface area contributed by atoms with Gasteiger partial charge in [-0.1, -0.05) is 18.2 Å². The number of rotatable bonds is 4. The van der Waals surface area contributed by atoms with Gasteiger partial charge < -0.3 is 10.6 Å². The minimum absolute atomic E-state index is 0.0525. The lowest BCUT2D eigenvalue weighted by Crippen LogP contribution is -2.45. The molecule has 152 valence electrons. The number of carbonyl (C=O) groups is 2. The zero-order chi connectivity index (χ0) is 20.8. The molecule has 2 heterocycles. The van der Waals surface area contributed by atoms with Gasteiger partial charge in [-0.25, -0.2) is 8.42 Å². The molecule has 2 aromatic carbocycles. The summed E-state index contributed by atoms with van der Waals surface area (Å²) < 4.78 is 28.3. The van der Waals surface area contributed by atoms with Gasteiger partial charge in [0, 0.05) is 24.7 Å². The first-order chi connectivity index (χ1) is 13.8. The molecule has 1 fully saturated rings. The molecule has 2 N–H and O–H groups in total. The van der Waals surface area contributed by atoms with Crippen LogP contribution in [0.2, 0.25) is 0 Å². The molecule has 1 saturated heterocycles. The van der Waals surface area contributed by atoms with E-state index in [1.54, 1.807) is 48.2 Å². The fourth-order valence-corrected chi connectivity index (χ4v) is 5.94. The second-order valence-electron chi connectivity index (χ2n) is 7.54. The number of hydrogen-bond acceptors (Lipinski definition) is 4. The molecule has 29 heavy (non-hydrogen) atoms. The average molecular weight is 413 g/mol. The fraction of sp³-hybridized carbons (Fsp3) is 0.333. The lowest BCUT2D eigenvalue weighted by atomic mass is 9.87. The van der Waals surface area contributed by atoms with Crippen LogP contribution in [0.4, 0.5) is 11.4 Å². The topological polar surface area (TPSA) is 101 Å². The number of carbonyl (C=O) groups excluding carboxylic acids is 2. The number of benzene rings is 2. The SMILES string of the molecule is C[C@@H]1C[C@@H](C(N)=O)c2ccccc2N1S(=O)(=O)c1ccc(N2CCCC2=O)cc1. The van der Waals surface area contributed by atoms with E-state index >= 15 is 0 Å². The van der Waals surface area contributed by atoms with Gasteiger partial charge in [0.1, 0.15) is 0 Å². The molecular formula is C21H23N3O4S. The number of sulfonamides is 1. The number of anilines is 2. The summed E-state index contributed by atoms with van der Waals surface area (Å²) in [5.41, 5.74) is 7.37. The van der Waals surface area contributed by atoms with Gasteiger partial charge in [0.2, 0.25) is 11.8 Å². The first-order valence-electron chi connectivity index (χ1n) is 9.64. The van der Waals surface area contributed by atoms with E-state index in [4.69, 9.17) is 5.73 Å². The van der Waals surface area contributed by atoms with Gasteiger partial charge in [-0.3, -0.25) is 13.9 Å². The summed E-state index contributed by atoms with van der Waals surface area (Å²) in [6.07, 6.45) is 1.65. The molecule has 2 aliphatic rings. The first-order valence-corrected chi connectivity index (χ1v) is 11.1. The number of primary amides is 1. The van der Waals surface area contributed by atoms with E-state index in [0.717, 1.165) is 6.42 Å². The summed E-state index contributed by atoms with van der Waals surface area (Å²) in [5.74, 6) is -0.922. The summed E-state index contributed by atoms with van der Waals surface area (Å²) in [6.45, 7) is 2.43. The zero-order valence-electron chi connectivity index (χ0n) is 16.1. The first kappa shape index (κ1) is 19.4. The predicted molar refractivity (Wildman–Crippen MR) is 110 cm³/mol. The molecule has 8 heteroatoms. The zero-order valence-corrected chi connectivity index (χ0v) is 16.9. The van der Waals surface area contributed by atoms with Crippen LogP contribution < -0.4 is 14.9 Å². The fourth-order valence-electron chi connectivity index (χ4n) is 4.25. The Labute approximate surface area is 170 Å². The Balaban J connectivity index is 1.72. The number of fused-ring (bicyclic) bond motifs is 1. The maximum absolute atomic E-state index is 13.5. The molecule has 0 bridgehead atoms. The summed E-state index contributed by atoms with van der Waals surface area (Å²) in [6, 6.07) is 13.0. The van der Waals surface area contributed by atoms with E-state index in [0.29, 0.717) is 36.3 Å². The average Bonchev–Trinajstić information content (AvgIpc) is 3.13. The van der Waals surface area contributed by atoms with Crippen LogP contribution in [0.1, 0.15) is 37.7 Å².